The van der Waals surface area contributed by atoms with Gasteiger partial charge in [0.15, 0.2) is 0 Å². The molecule has 0 aliphatic rings. The molecule has 1 aromatic rings. The molecule has 0 bridgehead atoms. The SMILES string of the molecule is CC(NCC(C)(O)CN(C)C)c1cccc(Cl)c1. The number of nitrogens with zero attached hydrogens (tertiary/aromatic N) is 1. The molecule has 0 spiro atoms. The largest absolute Gasteiger partial charge is 0.388 e. The number of hydrogen-bond donors (Lipinski definition) is 2. The van der Waals surface area contributed by atoms with Crippen molar-refractivity contribution in [1.29, 1.82) is 0 Å². The van der Waals surface area contributed by atoms with E-state index in [1.807, 2.05) is 50.2 Å². The van der Waals surface area contributed by atoms with Crippen LogP contribution < -0.4 is 5.32 Å². The second kappa shape index (κ2) is 6.53. The maximum atomic E-state index is 10.2. The molecule has 102 valence electrons. The Morgan fingerprint density at radius 2 is 2.11 bits per heavy atom. The third-order valence-electron chi connectivity index (χ3n) is 2.79. The summed E-state index contributed by atoms with van der Waals surface area (Å²) in [6.07, 6.45) is 0. The van der Waals surface area contributed by atoms with Gasteiger partial charge in [0.05, 0.1) is 5.60 Å². The maximum Gasteiger partial charge on any atom is 0.0869 e. The highest BCUT2D eigenvalue weighted by Gasteiger charge is 2.21. The lowest BCUT2D eigenvalue weighted by Crippen LogP contribution is -2.46. The molecule has 0 radical (unpaired) electrons. The second-order valence-electron chi connectivity index (χ2n) is 5.39. The number of rotatable bonds is 6. The van der Waals surface area contributed by atoms with Crippen LogP contribution in [0.25, 0.3) is 0 Å². The Bertz CT molecular complexity index is 380. The first-order chi connectivity index (χ1) is 8.30. The highest BCUT2D eigenvalue weighted by Crippen LogP contribution is 2.17. The fourth-order valence-electron chi connectivity index (χ4n) is 2.00. The van der Waals surface area contributed by atoms with Crippen molar-refractivity contribution in [3.05, 3.63) is 34.9 Å². The summed E-state index contributed by atoms with van der Waals surface area (Å²) in [5, 5.41) is 14.3. The molecule has 4 heteroatoms. The molecule has 0 saturated carbocycles. The van der Waals surface area contributed by atoms with Crippen LogP contribution in [0.5, 0.6) is 0 Å². The van der Waals surface area contributed by atoms with Crippen molar-refractivity contribution in [2.24, 2.45) is 0 Å². The fraction of sp³-hybridized carbons (Fsp3) is 0.571. The van der Waals surface area contributed by atoms with E-state index in [9.17, 15) is 5.11 Å². The van der Waals surface area contributed by atoms with Gasteiger partial charge in [-0.2, -0.15) is 0 Å². The van der Waals surface area contributed by atoms with Crippen LogP contribution in [0.4, 0.5) is 0 Å². The van der Waals surface area contributed by atoms with Crippen molar-refractivity contribution >= 4 is 11.6 Å². The Balaban J connectivity index is 2.53. The van der Waals surface area contributed by atoms with Crippen molar-refractivity contribution in [3.63, 3.8) is 0 Å². The third kappa shape index (κ3) is 5.36. The third-order valence-corrected chi connectivity index (χ3v) is 3.03. The quantitative estimate of drug-likeness (QED) is 0.833. The predicted molar refractivity (Wildman–Crippen MR) is 77.0 cm³/mol. The van der Waals surface area contributed by atoms with Gasteiger partial charge >= 0.3 is 0 Å². The molecule has 18 heavy (non-hydrogen) atoms. The van der Waals surface area contributed by atoms with Gasteiger partial charge in [-0.3, -0.25) is 0 Å². The minimum Gasteiger partial charge on any atom is -0.388 e. The molecule has 0 aliphatic carbocycles. The van der Waals surface area contributed by atoms with E-state index in [1.54, 1.807) is 0 Å². The topological polar surface area (TPSA) is 35.5 Å². The van der Waals surface area contributed by atoms with E-state index < -0.39 is 5.60 Å². The summed E-state index contributed by atoms with van der Waals surface area (Å²) in [5.41, 5.74) is 0.388. The van der Waals surface area contributed by atoms with Gasteiger partial charge in [-0.1, -0.05) is 23.7 Å². The Kier molecular flexibility index (Phi) is 5.60. The summed E-state index contributed by atoms with van der Waals surface area (Å²) in [7, 11) is 3.91. The highest BCUT2D eigenvalue weighted by molar-refractivity contribution is 6.30. The number of aliphatic hydroxyl groups is 1. The molecule has 0 aliphatic heterocycles. The molecule has 2 atom stereocenters. The van der Waals surface area contributed by atoms with Crippen LogP contribution in [0.3, 0.4) is 0 Å². The van der Waals surface area contributed by atoms with Crippen LogP contribution in [0.2, 0.25) is 5.02 Å². The lowest BCUT2D eigenvalue weighted by atomic mass is 10.0. The lowest BCUT2D eigenvalue weighted by molar-refractivity contribution is 0.0317. The van der Waals surface area contributed by atoms with Crippen LogP contribution in [0, 0.1) is 0 Å². The van der Waals surface area contributed by atoms with Crippen LogP contribution >= 0.6 is 11.6 Å². The molecule has 2 unspecified atom stereocenters. The molecule has 0 aromatic heterocycles. The zero-order valence-corrected chi connectivity index (χ0v) is 12.3. The standard InChI is InChI=1S/C14H23ClN2O/c1-11(12-6-5-7-13(15)8-12)16-9-14(2,18)10-17(3)4/h5-8,11,16,18H,9-10H2,1-4H3. The van der Waals surface area contributed by atoms with Gasteiger partial charge in [-0.05, 0) is 45.6 Å². The van der Waals surface area contributed by atoms with E-state index in [0.29, 0.717) is 13.1 Å². The predicted octanol–water partition coefficient (Wildman–Crippen LogP) is 2.30. The van der Waals surface area contributed by atoms with E-state index in [4.69, 9.17) is 11.6 Å². The van der Waals surface area contributed by atoms with Gasteiger partial charge < -0.3 is 15.3 Å². The molecule has 1 rings (SSSR count). The van der Waals surface area contributed by atoms with E-state index >= 15 is 0 Å². The Hall–Kier alpha value is -0.610. The zero-order chi connectivity index (χ0) is 13.8. The van der Waals surface area contributed by atoms with Crippen molar-refractivity contribution in [1.82, 2.24) is 10.2 Å². The summed E-state index contributed by atoms with van der Waals surface area (Å²) in [6.45, 7) is 5.07. The summed E-state index contributed by atoms with van der Waals surface area (Å²) in [5.74, 6) is 0. The van der Waals surface area contributed by atoms with Crippen molar-refractivity contribution in [3.8, 4) is 0 Å². The highest BCUT2D eigenvalue weighted by atomic mass is 35.5. The number of hydrogen-bond acceptors (Lipinski definition) is 3. The molecule has 2 N–H and O–H groups in total. The summed E-state index contributed by atoms with van der Waals surface area (Å²) in [4.78, 5) is 1.98. The average Bonchev–Trinajstić information content (AvgIpc) is 2.24. The first-order valence-corrected chi connectivity index (χ1v) is 6.54. The van der Waals surface area contributed by atoms with E-state index in [-0.39, 0.29) is 6.04 Å². The zero-order valence-electron chi connectivity index (χ0n) is 11.6. The Morgan fingerprint density at radius 1 is 1.44 bits per heavy atom. The van der Waals surface area contributed by atoms with E-state index in [2.05, 4.69) is 12.2 Å². The van der Waals surface area contributed by atoms with Crippen LogP contribution in [-0.2, 0) is 0 Å². The van der Waals surface area contributed by atoms with Gasteiger partial charge in [0.1, 0.15) is 0 Å². The maximum absolute atomic E-state index is 10.2. The van der Waals surface area contributed by atoms with Crippen LogP contribution in [0.15, 0.2) is 24.3 Å². The van der Waals surface area contributed by atoms with Gasteiger partial charge in [0.25, 0.3) is 0 Å². The van der Waals surface area contributed by atoms with Gasteiger partial charge in [0, 0.05) is 24.2 Å². The molecular weight excluding hydrogens is 248 g/mol. The Labute approximate surface area is 115 Å². The summed E-state index contributed by atoms with van der Waals surface area (Å²) in [6, 6.07) is 7.94. The van der Waals surface area contributed by atoms with Gasteiger partial charge in [0.2, 0.25) is 0 Å². The molecule has 0 amide bonds. The van der Waals surface area contributed by atoms with E-state index in [0.717, 1.165) is 10.6 Å². The molecule has 0 heterocycles. The fourth-order valence-corrected chi connectivity index (χ4v) is 2.20. The summed E-state index contributed by atoms with van der Waals surface area (Å²) < 4.78 is 0. The van der Waals surface area contributed by atoms with E-state index in [1.165, 1.54) is 0 Å². The van der Waals surface area contributed by atoms with Crippen molar-refractivity contribution in [2.45, 2.75) is 25.5 Å². The van der Waals surface area contributed by atoms with Crippen LogP contribution in [-0.4, -0.2) is 42.8 Å². The molecule has 0 saturated heterocycles. The van der Waals surface area contributed by atoms with Crippen molar-refractivity contribution in [2.75, 3.05) is 27.2 Å². The van der Waals surface area contributed by atoms with Crippen molar-refractivity contribution < 1.29 is 5.11 Å². The Morgan fingerprint density at radius 3 is 2.67 bits per heavy atom. The average molecular weight is 271 g/mol. The van der Waals surface area contributed by atoms with Gasteiger partial charge in [-0.25, -0.2) is 0 Å². The second-order valence-corrected chi connectivity index (χ2v) is 5.83. The first kappa shape index (κ1) is 15.4. The van der Waals surface area contributed by atoms with Crippen LogP contribution in [0.1, 0.15) is 25.5 Å². The number of benzene rings is 1. The molecule has 3 nitrogen and oxygen atoms in total. The monoisotopic (exact) mass is 270 g/mol. The number of likely N-dealkylation sites (N-methyl/N-ethyl adjacent to an activating group) is 1. The number of halogens is 1. The first-order valence-electron chi connectivity index (χ1n) is 6.16. The lowest BCUT2D eigenvalue weighted by Gasteiger charge is -2.29. The summed E-state index contributed by atoms with van der Waals surface area (Å²) >= 11 is 5.96. The minimum absolute atomic E-state index is 0.164. The number of nitrogens with one attached hydrogen (secondary N) is 1. The molecular formula is C14H23ClN2O. The normalized spacial score (nSPS) is 16.6. The minimum atomic E-state index is -0.740. The van der Waals surface area contributed by atoms with Gasteiger partial charge in [-0.15, -0.1) is 0 Å². The smallest absolute Gasteiger partial charge is 0.0869 e. The molecule has 1 aromatic carbocycles. The molecule has 0 fully saturated rings.